The number of aliphatic carboxylic acids is 1. The number of fused-ring (bicyclic) bond motifs is 1. The summed E-state index contributed by atoms with van der Waals surface area (Å²) in [6.45, 7) is 2.84. The van der Waals surface area contributed by atoms with Crippen molar-refractivity contribution in [2.75, 3.05) is 13.1 Å². The molecular formula is C18H21N3O3. The Hall–Kier alpha value is -2.37. The number of hydrogen-bond donors (Lipinski definition) is 2. The highest BCUT2D eigenvalue weighted by Gasteiger charge is 2.46. The molecule has 2 aromatic rings. The number of imidazole rings is 1. The van der Waals surface area contributed by atoms with E-state index in [-0.39, 0.29) is 11.8 Å². The first kappa shape index (κ1) is 15.2. The van der Waals surface area contributed by atoms with Gasteiger partial charge in [0.25, 0.3) is 0 Å². The monoisotopic (exact) mass is 327 g/mol. The molecule has 0 radical (unpaired) electrons. The van der Waals surface area contributed by atoms with Crippen molar-refractivity contribution in [1.29, 1.82) is 0 Å². The molecule has 0 spiro atoms. The molecule has 2 atom stereocenters. The molecule has 126 valence electrons. The van der Waals surface area contributed by atoms with Gasteiger partial charge in [-0.05, 0) is 49.3 Å². The predicted octanol–water partition coefficient (Wildman–Crippen LogP) is 1.98. The highest BCUT2D eigenvalue weighted by Crippen LogP contribution is 2.44. The lowest BCUT2D eigenvalue weighted by Gasteiger charge is -2.16. The molecule has 2 fully saturated rings. The summed E-state index contributed by atoms with van der Waals surface area (Å²) in [5.41, 5.74) is 2.75. The summed E-state index contributed by atoms with van der Waals surface area (Å²) in [7, 11) is 0. The molecule has 1 saturated carbocycles. The molecular weight excluding hydrogens is 306 g/mol. The number of hydrogen-bond acceptors (Lipinski definition) is 3. The Balaban J connectivity index is 1.47. The number of rotatable bonds is 4. The number of carbonyl (C=O) groups excluding carboxylic acids is 1. The largest absolute Gasteiger partial charge is 0.481 e. The zero-order chi connectivity index (χ0) is 16.8. The smallest absolute Gasteiger partial charge is 0.308 e. The van der Waals surface area contributed by atoms with E-state index in [1.54, 1.807) is 4.90 Å². The van der Waals surface area contributed by atoms with Crippen LogP contribution in [0.1, 0.15) is 24.2 Å². The van der Waals surface area contributed by atoms with E-state index >= 15 is 0 Å². The van der Waals surface area contributed by atoms with Gasteiger partial charge in [0, 0.05) is 13.1 Å². The highest BCUT2D eigenvalue weighted by molar-refractivity contribution is 5.83. The zero-order valence-corrected chi connectivity index (χ0v) is 13.7. The fraction of sp³-hybridized carbons (Fsp3) is 0.500. The molecule has 0 unspecified atom stereocenters. The molecule has 2 N–H and O–H groups in total. The predicted molar refractivity (Wildman–Crippen MR) is 88.5 cm³/mol. The Bertz CT molecular complexity index is 809. The molecule has 4 rings (SSSR count). The molecule has 1 aromatic carbocycles. The van der Waals surface area contributed by atoms with Crippen LogP contribution in [0.2, 0.25) is 0 Å². The number of carboxylic acid groups (broad SMARTS) is 1. The molecule has 1 aliphatic heterocycles. The van der Waals surface area contributed by atoms with E-state index in [4.69, 9.17) is 0 Å². The molecule has 6 heteroatoms. The summed E-state index contributed by atoms with van der Waals surface area (Å²) in [6, 6.07) is 5.79. The van der Waals surface area contributed by atoms with Crippen LogP contribution in [-0.4, -0.2) is 44.9 Å². The van der Waals surface area contributed by atoms with E-state index < -0.39 is 11.9 Å². The SMILES string of the molecule is Cc1nc2ccc(CC(=O)N3C[C@@H](C(=O)O)[C@H](C4CC4)C3)cc2[nH]1. The van der Waals surface area contributed by atoms with Crippen molar-refractivity contribution in [3.05, 3.63) is 29.6 Å². The van der Waals surface area contributed by atoms with E-state index in [0.717, 1.165) is 35.3 Å². The first-order valence-corrected chi connectivity index (χ1v) is 8.47. The van der Waals surface area contributed by atoms with Crippen LogP contribution < -0.4 is 0 Å². The Morgan fingerprint density at radius 3 is 2.83 bits per heavy atom. The summed E-state index contributed by atoms with van der Waals surface area (Å²) >= 11 is 0. The maximum absolute atomic E-state index is 12.6. The number of benzene rings is 1. The van der Waals surface area contributed by atoms with Crippen molar-refractivity contribution >= 4 is 22.9 Å². The molecule has 0 bridgehead atoms. The van der Waals surface area contributed by atoms with Gasteiger partial charge in [-0.25, -0.2) is 4.98 Å². The second-order valence-corrected chi connectivity index (χ2v) is 7.10. The number of aromatic amines is 1. The summed E-state index contributed by atoms with van der Waals surface area (Å²) in [4.78, 5) is 33.4. The lowest BCUT2D eigenvalue weighted by molar-refractivity contribution is -0.142. The Morgan fingerprint density at radius 1 is 1.33 bits per heavy atom. The van der Waals surface area contributed by atoms with Gasteiger partial charge in [-0.15, -0.1) is 0 Å². The molecule has 1 aromatic heterocycles. The van der Waals surface area contributed by atoms with Gasteiger partial charge in [-0.3, -0.25) is 9.59 Å². The van der Waals surface area contributed by atoms with Crippen LogP contribution in [0.3, 0.4) is 0 Å². The third kappa shape index (κ3) is 2.77. The third-order valence-electron chi connectivity index (χ3n) is 5.28. The lowest BCUT2D eigenvalue weighted by Crippen LogP contribution is -2.31. The van der Waals surface area contributed by atoms with Crippen molar-refractivity contribution in [1.82, 2.24) is 14.9 Å². The van der Waals surface area contributed by atoms with Gasteiger partial charge in [-0.2, -0.15) is 0 Å². The van der Waals surface area contributed by atoms with Crippen LogP contribution in [-0.2, 0) is 16.0 Å². The quantitative estimate of drug-likeness (QED) is 0.899. The fourth-order valence-electron chi connectivity index (χ4n) is 3.88. The molecule has 2 aliphatic rings. The summed E-state index contributed by atoms with van der Waals surface area (Å²) in [5, 5.41) is 9.42. The number of aromatic nitrogens is 2. The third-order valence-corrected chi connectivity index (χ3v) is 5.28. The molecule has 1 saturated heterocycles. The normalized spacial score (nSPS) is 23.8. The van der Waals surface area contributed by atoms with Gasteiger partial charge in [0.1, 0.15) is 5.82 Å². The van der Waals surface area contributed by atoms with Crippen LogP contribution in [0.15, 0.2) is 18.2 Å². The summed E-state index contributed by atoms with van der Waals surface area (Å²) < 4.78 is 0. The van der Waals surface area contributed by atoms with Gasteiger partial charge in [0.2, 0.25) is 5.91 Å². The number of nitrogens with zero attached hydrogens (tertiary/aromatic N) is 2. The van der Waals surface area contributed by atoms with Crippen LogP contribution in [0.5, 0.6) is 0 Å². The minimum absolute atomic E-state index is 0.0139. The average molecular weight is 327 g/mol. The minimum atomic E-state index is -0.767. The van der Waals surface area contributed by atoms with Crippen LogP contribution in [0.4, 0.5) is 0 Å². The first-order valence-electron chi connectivity index (χ1n) is 8.47. The first-order chi connectivity index (χ1) is 11.5. The van der Waals surface area contributed by atoms with Crippen LogP contribution in [0, 0.1) is 24.7 Å². The minimum Gasteiger partial charge on any atom is -0.481 e. The molecule has 24 heavy (non-hydrogen) atoms. The van der Waals surface area contributed by atoms with Crippen molar-refractivity contribution in [3.8, 4) is 0 Å². The second-order valence-electron chi connectivity index (χ2n) is 7.10. The van der Waals surface area contributed by atoms with Crippen molar-refractivity contribution < 1.29 is 14.7 Å². The van der Waals surface area contributed by atoms with Crippen LogP contribution >= 0.6 is 0 Å². The second kappa shape index (κ2) is 5.61. The molecule has 6 nitrogen and oxygen atoms in total. The van der Waals surface area contributed by atoms with Gasteiger partial charge in [0.05, 0.1) is 23.4 Å². The van der Waals surface area contributed by atoms with E-state index in [9.17, 15) is 14.7 Å². The Kier molecular flexibility index (Phi) is 3.55. The van der Waals surface area contributed by atoms with Crippen LogP contribution in [0.25, 0.3) is 11.0 Å². The number of H-pyrrole nitrogens is 1. The van der Waals surface area contributed by atoms with E-state index in [1.807, 2.05) is 25.1 Å². The maximum Gasteiger partial charge on any atom is 0.308 e. The van der Waals surface area contributed by atoms with Crippen molar-refractivity contribution in [3.63, 3.8) is 0 Å². The number of carbonyl (C=O) groups is 2. The number of aryl methyl sites for hydroxylation is 1. The maximum atomic E-state index is 12.6. The van der Waals surface area contributed by atoms with E-state index in [2.05, 4.69) is 9.97 Å². The van der Waals surface area contributed by atoms with Gasteiger partial charge < -0.3 is 15.0 Å². The highest BCUT2D eigenvalue weighted by atomic mass is 16.4. The van der Waals surface area contributed by atoms with Gasteiger partial charge in [0.15, 0.2) is 0 Å². The van der Waals surface area contributed by atoms with Gasteiger partial charge >= 0.3 is 5.97 Å². The Morgan fingerprint density at radius 2 is 2.12 bits per heavy atom. The molecule has 2 heterocycles. The summed E-state index contributed by atoms with van der Waals surface area (Å²) in [6.07, 6.45) is 2.51. The van der Waals surface area contributed by atoms with Crippen molar-refractivity contribution in [2.24, 2.45) is 17.8 Å². The number of carboxylic acids is 1. The Labute approximate surface area is 139 Å². The number of nitrogens with one attached hydrogen (secondary N) is 1. The number of amides is 1. The average Bonchev–Trinajstić information content (AvgIpc) is 3.15. The standard InChI is InChI=1S/C18H21N3O3/c1-10-19-15-5-2-11(6-16(15)20-10)7-17(22)21-8-13(12-3-4-12)14(9-21)18(23)24/h2,5-6,12-14H,3-4,7-9H2,1H3,(H,19,20)(H,23,24)/t13-,14+/m0/s1. The summed E-state index contributed by atoms with van der Waals surface area (Å²) in [5.74, 6) is 0.317. The lowest BCUT2D eigenvalue weighted by atomic mass is 9.92. The van der Waals surface area contributed by atoms with E-state index in [0.29, 0.717) is 25.4 Å². The zero-order valence-electron chi connectivity index (χ0n) is 13.7. The van der Waals surface area contributed by atoms with Crippen molar-refractivity contribution in [2.45, 2.75) is 26.2 Å². The molecule has 1 amide bonds. The van der Waals surface area contributed by atoms with Gasteiger partial charge in [-0.1, -0.05) is 6.07 Å². The topological polar surface area (TPSA) is 86.3 Å². The number of likely N-dealkylation sites (tertiary alicyclic amines) is 1. The molecule has 1 aliphatic carbocycles. The van der Waals surface area contributed by atoms with E-state index in [1.165, 1.54) is 0 Å². The fourth-order valence-corrected chi connectivity index (χ4v) is 3.88.